The Morgan fingerprint density at radius 1 is 1.19 bits per heavy atom. The Morgan fingerprint density at radius 2 is 1.90 bits per heavy atom. The zero-order valence-corrected chi connectivity index (χ0v) is 12.5. The summed E-state index contributed by atoms with van der Waals surface area (Å²) in [6, 6.07) is 7.97. The van der Waals surface area contributed by atoms with Crippen molar-refractivity contribution in [2.45, 2.75) is 38.5 Å². The van der Waals surface area contributed by atoms with Gasteiger partial charge >= 0.3 is 0 Å². The van der Waals surface area contributed by atoms with Gasteiger partial charge in [0.2, 0.25) is 5.89 Å². The molecule has 2 aromatic rings. The molecule has 1 atom stereocenters. The Labute approximate surface area is 125 Å². The van der Waals surface area contributed by atoms with E-state index < -0.39 is 0 Å². The van der Waals surface area contributed by atoms with E-state index in [1.54, 1.807) is 0 Å². The fourth-order valence-electron chi connectivity index (χ4n) is 2.76. The molecule has 0 spiro atoms. The lowest BCUT2D eigenvalue weighted by Gasteiger charge is -2.24. The standard InChI is InChI=1S/C16H22N4O/c1-12(13-5-7-14(17)8-6-13)11-15-18-16(19-21-15)20-9-3-2-4-10-20/h5-8,12H,2-4,9-11,17H2,1H3. The van der Waals surface area contributed by atoms with Gasteiger partial charge < -0.3 is 15.2 Å². The van der Waals surface area contributed by atoms with Gasteiger partial charge in [-0.3, -0.25) is 0 Å². The molecule has 2 N–H and O–H groups in total. The minimum atomic E-state index is 0.334. The molecule has 0 bridgehead atoms. The summed E-state index contributed by atoms with van der Waals surface area (Å²) in [5.74, 6) is 1.79. The third kappa shape index (κ3) is 3.35. The van der Waals surface area contributed by atoms with Crippen LogP contribution in [0, 0.1) is 0 Å². The molecule has 5 nitrogen and oxygen atoms in total. The third-order valence-electron chi connectivity index (χ3n) is 4.08. The Hall–Kier alpha value is -2.04. The van der Waals surface area contributed by atoms with Gasteiger partial charge in [0.1, 0.15) is 0 Å². The molecule has 21 heavy (non-hydrogen) atoms. The molecule has 1 aromatic heterocycles. The van der Waals surface area contributed by atoms with Crippen LogP contribution in [0.3, 0.4) is 0 Å². The predicted molar refractivity (Wildman–Crippen MR) is 83.3 cm³/mol. The number of benzene rings is 1. The number of hydrogen-bond donors (Lipinski definition) is 1. The highest BCUT2D eigenvalue weighted by atomic mass is 16.5. The van der Waals surface area contributed by atoms with E-state index >= 15 is 0 Å². The minimum absolute atomic E-state index is 0.334. The quantitative estimate of drug-likeness (QED) is 0.875. The van der Waals surface area contributed by atoms with Crippen molar-refractivity contribution < 1.29 is 4.52 Å². The van der Waals surface area contributed by atoms with Gasteiger partial charge in [-0.05, 0) is 48.0 Å². The molecule has 1 aliphatic rings. The van der Waals surface area contributed by atoms with E-state index in [0.717, 1.165) is 31.1 Å². The number of nitrogen functional groups attached to an aromatic ring is 1. The first-order chi connectivity index (χ1) is 10.2. The number of aromatic nitrogens is 2. The molecule has 1 fully saturated rings. The molecule has 3 rings (SSSR count). The van der Waals surface area contributed by atoms with Gasteiger partial charge in [-0.25, -0.2) is 0 Å². The van der Waals surface area contributed by atoms with E-state index in [1.807, 2.05) is 12.1 Å². The van der Waals surface area contributed by atoms with Gasteiger partial charge in [0.05, 0.1) is 0 Å². The van der Waals surface area contributed by atoms with Crippen molar-refractivity contribution in [1.82, 2.24) is 10.1 Å². The van der Waals surface area contributed by atoms with Gasteiger partial charge in [-0.1, -0.05) is 19.1 Å². The molecular weight excluding hydrogens is 264 g/mol. The molecule has 0 saturated carbocycles. The summed E-state index contributed by atoms with van der Waals surface area (Å²) >= 11 is 0. The Bertz CT molecular complexity index is 572. The SMILES string of the molecule is CC(Cc1nc(N2CCCCC2)no1)c1ccc(N)cc1. The van der Waals surface area contributed by atoms with Crippen LogP contribution in [0.1, 0.15) is 43.6 Å². The normalized spacial score (nSPS) is 16.9. The van der Waals surface area contributed by atoms with Crippen LogP contribution in [0.5, 0.6) is 0 Å². The van der Waals surface area contributed by atoms with Crippen molar-refractivity contribution in [2.75, 3.05) is 23.7 Å². The van der Waals surface area contributed by atoms with Crippen molar-refractivity contribution in [3.8, 4) is 0 Å². The van der Waals surface area contributed by atoms with E-state index in [9.17, 15) is 0 Å². The maximum absolute atomic E-state index is 5.72. The molecule has 2 heterocycles. The van der Waals surface area contributed by atoms with Crippen molar-refractivity contribution in [3.05, 3.63) is 35.7 Å². The molecule has 1 aliphatic heterocycles. The molecular formula is C16H22N4O. The molecule has 1 aromatic carbocycles. The summed E-state index contributed by atoms with van der Waals surface area (Å²) in [5, 5.41) is 4.12. The zero-order valence-electron chi connectivity index (χ0n) is 12.5. The molecule has 1 saturated heterocycles. The van der Waals surface area contributed by atoms with Crippen molar-refractivity contribution in [3.63, 3.8) is 0 Å². The van der Waals surface area contributed by atoms with E-state index in [2.05, 4.69) is 34.1 Å². The van der Waals surface area contributed by atoms with Crippen LogP contribution in [0.4, 0.5) is 11.6 Å². The fourth-order valence-corrected chi connectivity index (χ4v) is 2.76. The molecule has 5 heteroatoms. The van der Waals surface area contributed by atoms with Crippen molar-refractivity contribution in [2.24, 2.45) is 0 Å². The van der Waals surface area contributed by atoms with Crippen LogP contribution in [0.2, 0.25) is 0 Å². The lowest BCUT2D eigenvalue weighted by molar-refractivity contribution is 0.369. The number of hydrogen-bond acceptors (Lipinski definition) is 5. The van der Waals surface area contributed by atoms with Crippen molar-refractivity contribution >= 4 is 11.6 Å². The molecule has 0 radical (unpaired) electrons. The second kappa shape index (κ2) is 6.16. The molecule has 0 amide bonds. The van der Waals surface area contributed by atoms with E-state index in [0.29, 0.717) is 11.8 Å². The maximum Gasteiger partial charge on any atom is 0.266 e. The van der Waals surface area contributed by atoms with E-state index in [1.165, 1.54) is 24.8 Å². The summed E-state index contributed by atoms with van der Waals surface area (Å²) < 4.78 is 5.41. The summed E-state index contributed by atoms with van der Waals surface area (Å²) in [7, 11) is 0. The number of nitrogens with two attached hydrogens (primary N) is 1. The molecule has 0 aliphatic carbocycles. The average Bonchev–Trinajstić information content (AvgIpc) is 2.97. The second-order valence-electron chi connectivity index (χ2n) is 5.81. The Balaban J connectivity index is 1.64. The van der Waals surface area contributed by atoms with Crippen molar-refractivity contribution in [1.29, 1.82) is 0 Å². The van der Waals surface area contributed by atoms with Gasteiger partial charge in [-0.2, -0.15) is 4.98 Å². The third-order valence-corrected chi connectivity index (χ3v) is 4.08. The second-order valence-corrected chi connectivity index (χ2v) is 5.81. The van der Waals surface area contributed by atoms with Crippen LogP contribution in [-0.4, -0.2) is 23.2 Å². The fraction of sp³-hybridized carbons (Fsp3) is 0.500. The first-order valence-corrected chi connectivity index (χ1v) is 7.65. The number of anilines is 2. The highest BCUT2D eigenvalue weighted by Gasteiger charge is 2.18. The summed E-state index contributed by atoms with van der Waals surface area (Å²) in [6.07, 6.45) is 4.48. The first-order valence-electron chi connectivity index (χ1n) is 7.65. The number of piperidine rings is 1. The lowest BCUT2D eigenvalue weighted by atomic mass is 9.98. The largest absolute Gasteiger partial charge is 0.399 e. The highest BCUT2D eigenvalue weighted by molar-refractivity contribution is 5.40. The van der Waals surface area contributed by atoms with Gasteiger partial charge in [0.15, 0.2) is 0 Å². The van der Waals surface area contributed by atoms with Gasteiger partial charge in [0.25, 0.3) is 5.95 Å². The first kappa shape index (κ1) is 13.9. The van der Waals surface area contributed by atoms with E-state index in [4.69, 9.17) is 10.3 Å². The zero-order chi connectivity index (χ0) is 14.7. The minimum Gasteiger partial charge on any atom is -0.399 e. The van der Waals surface area contributed by atoms with Gasteiger partial charge in [-0.15, -0.1) is 0 Å². The molecule has 112 valence electrons. The van der Waals surface area contributed by atoms with Crippen LogP contribution in [-0.2, 0) is 6.42 Å². The lowest BCUT2D eigenvalue weighted by Crippen LogP contribution is -2.30. The topological polar surface area (TPSA) is 68.2 Å². The van der Waals surface area contributed by atoms with Crippen LogP contribution in [0.15, 0.2) is 28.8 Å². The summed E-state index contributed by atoms with van der Waals surface area (Å²) in [4.78, 5) is 6.75. The smallest absolute Gasteiger partial charge is 0.266 e. The summed E-state index contributed by atoms with van der Waals surface area (Å²) in [6.45, 7) is 4.23. The van der Waals surface area contributed by atoms with Crippen LogP contribution in [0.25, 0.3) is 0 Å². The monoisotopic (exact) mass is 286 g/mol. The predicted octanol–water partition coefficient (Wildman–Crippen LogP) is 2.99. The van der Waals surface area contributed by atoms with Crippen LogP contribution >= 0.6 is 0 Å². The number of nitrogens with zero attached hydrogens (tertiary/aromatic N) is 3. The van der Waals surface area contributed by atoms with E-state index in [-0.39, 0.29) is 0 Å². The Kier molecular flexibility index (Phi) is 4.08. The average molecular weight is 286 g/mol. The molecule has 1 unspecified atom stereocenters. The van der Waals surface area contributed by atoms with Gasteiger partial charge in [0, 0.05) is 25.2 Å². The highest BCUT2D eigenvalue weighted by Crippen LogP contribution is 2.22. The van der Waals surface area contributed by atoms with Crippen LogP contribution < -0.4 is 10.6 Å². The number of rotatable bonds is 4. The maximum atomic E-state index is 5.72. The summed E-state index contributed by atoms with van der Waals surface area (Å²) in [5.41, 5.74) is 7.74. The Morgan fingerprint density at radius 3 is 2.62 bits per heavy atom.